The molecule has 0 aliphatic carbocycles. The second-order valence-corrected chi connectivity index (χ2v) is 7.85. The largest absolute Gasteiger partial charge is 0.454 e. The highest BCUT2D eigenvalue weighted by molar-refractivity contribution is 6.30. The molecule has 1 amide bonds. The van der Waals surface area contributed by atoms with E-state index in [-0.39, 0.29) is 13.3 Å². The van der Waals surface area contributed by atoms with Gasteiger partial charge in [-0.1, -0.05) is 23.7 Å². The highest BCUT2D eigenvalue weighted by Gasteiger charge is 2.17. The molecule has 0 fully saturated rings. The zero-order chi connectivity index (χ0) is 22.5. The van der Waals surface area contributed by atoms with Gasteiger partial charge in [-0.2, -0.15) is 5.10 Å². The first kappa shape index (κ1) is 19.4. The third-order valence-corrected chi connectivity index (χ3v) is 5.53. The summed E-state index contributed by atoms with van der Waals surface area (Å²) in [4.78, 5) is 25.4. The third-order valence-electron chi connectivity index (χ3n) is 5.28. The van der Waals surface area contributed by atoms with Gasteiger partial charge in [0.25, 0.3) is 0 Å². The molecule has 1 N–H and O–H groups in total. The molecule has 0 radical (unpaired) electrons. The summed E-state index contributed by atoms with van der Waals surface area (Å²) in [6.07, 6.45) is 3.24. The molecule has 3 aromatic heterocycles. The van der Waals surface area contributed by atoms with Gasteiger partial charge in [0.1, 0.15) is 12.1 Å². The number of ether oxygens (including phenoxy) is 2. The summed E-state index contributed by atoms with van der Waals surface area (Å²) in [6, 6.07) is 14.2. The molecule has 0 atom stereocenters. The average molecular weight is 463 g/mol. The van der Waals surface area contributed by atoms with Crippen LogP contribution in [0.3, 0.4) is 0 Å². The zero-order valence-corrected chi connectivity index (χ0v) is 17.7. The number of benzene rings is 2. The van der Waals surface area contributed by atoms with Crippen molar-refractivity contribution < 1.29 is 14.3 Å². The molecule has 4 heterocycles. The molecule has 2 aromatic carbocycles. The van der Waals surface area contributed by atoms with Crippen molar-refractivity contribution in [3.63, 3.8) is 0 Å². The Labute approximate surface area is 190 Å². The van der Waals surface area contributed by atoms with Crippen LogP contribution in [0, 0.1) is 0 Å². The van der Waals surface area contributed by atoms with E-state index in [4.69, 9.17) is 21.1 Å². The molecular formula is C22H15ClN6O4. The summed E-state index contributed by atoms with van der Waals surface area (Å²) < 4.78 is 14.7. The normalized spacial score (nSPS) is 12.5. The Morgan fingerprint density at radius 2 is 1.85 bits per heavy atom. The summed E-state index contributed by atoms with van der Waals surface area (Å²) in [7, 11) is 0. The number of nitrogens with one attached hydrogen (secondary N) is 1. The number of fused-ring (bicyclic) bond motifs is 4. The van der Waals surface area contributed by atoms with Crippen molar-refractivity contribution >= 4 is 34.4 Å². The molecule has 0 unspecified atom stereocenters. The first-order chi connectivity index (χ1) is 16.0. The molecule has 0 saturated carbocycles. The molecule has 1 aliphatic heterocycles. The number of nitrogens with zero attached hydrogens (tertiary/aromatic N) is 5. The number of hydrogen-bond acceptors (Lipinski definition) is 6. The van der Waals surface area contributed by atoms with E-state index in [0.717, 1.165) is 10.2 Å². The molecule has 33 heavy (non-hydrogen) atoms. The van der Waals surface area contributed by atoms with Gasteiger partial charge < -0.3 is 14.8 Å². The standard InChI is InChI=1S/C22H15ClN6O4/c23-14-3-1-13(2-4-14)16-10-17-21-26-29(22(31)27(21)7-8-28(17)25-16)11-20(30)24-15-5-6-18-19(9-15)33-12-32-18/h1-10H,11-12H2,(H,24,30). The maximum absolute atomic E-state index is 12.8. The van der Waals surface area contributed by atoms with E-state index >= 15 is 0 Å². The quantitative estimate of drug-likeness (QED) is 0.440. The fraction of sp³-hybridized carbons (Fsp3) is 0.0909. The second kappa shape index (κ2) is 7.38. The molecule has 1 aliphatic rings. The lowest BCUT2D eigenvalue weighted by molar-refractivity contribution is -0.117. The lowest BCUT2D eigenvalue weighted by atomic mass is 10.1. The first-order valence-electron chi connectivity index (χ1n) is 9.98. The van der Waals surface area contributed by atoms with Gasteiger partial charge in [-0.15, -0.1) is 5.10 Å². The SMILES string of the molecule is O=C(Cn1nc2c3cc(-c4ccc(Cl)cc4)nn3ccn2c1=O)Nc1ccc2c(c1)OCO2. The van der Waals surface area contributed by atoms with E-state index in [0.29, 0.717) is 39.1 Å². The van der Waals surface area contributed by atoms with Crippen LogP contribution in [0.15, 0.2) is 65.7 Å². The van der Waals surface area contributed by atoms with E-state index in [1.807, 2.05) is 18.2 Å². The number of aromatic nitrogens is 5. The Morgan fingerprint density at radius 1 is 1.03 bits per heavy atom. The van der Waals surface area contributed by atoms with Crippen molar-refractivity contribution in [1.82, 2.24) is 23.8 Å². The summed E-state index contributed by atoms with van der Waals surface area (Å²) in [5.41, 5.74) is 2.73. The van der Waals surface area contributed by atoms with Crippen LogP contribution in [-0.2, 0) is 11.3 Å². The highest BCUT2D eigenvalue weighted by Crippen LogP contribution is 2.34. The van der Waals surface area contributed by atoms with Gasteiger partial charge in [0, 0.05) is 34.7 Å². The Balaban J connectivity index is 1.31. The number of carbonyl (C=O) groups is 1. The third kappa shape index (κ3) is 3.37. The van der Waals surface area contributed by atoms with Gasteiger partial charge in [0.2, 0.25) is 12.7 Å². The van der Waals surface area contributed by atoms with Crippen molar-refractivity contribution in [3.05, 3.63) is 76.4 Å². The van der Waals surface area contributed by atoms with Gasteiger partial charge in [-0.25, -0.2) is 18.4 Å². The van der Waals surface area contributed by atoms with E-state index in [1.165, 1.54) is 4.40 Å². The van der Waals surface area contributed by atoms with Gasteiger partial charge in [0.15, 0.2) is 17.1 Å². The topological polar surface area (TPSA) is 104 Å². The monoisotopic (exact) mass is 462 g/mol. The Bertz CT molecular complexity index is 1600. The highest BCUT2D eigenvalue weighted by atomic mass is 35.5. The molecular weight excluding hydrogens is 448 g/mol. The summed E-state index contributed by atoms with van der Waals surface area (Å²) in [5, 5.41) is 12.3. The fourth-order valence-corrected chi connectivity index (χ4v) is 3.84. The molecule has 10 nitrogen and oxygen atoms in total. The second-order valence-electron chi connectivity index (χ2n) is 7.41. The minimum Gasteiger partial charge on any atom is -0.454 e. The van der Waals surface area contributed by atoms with Crippen molar-refractivity contribution in [1.29, 1.82) is 0 Å². The molecule has 0 bridgehead atoms. The maximum atomic E-state index is 12.8. The van der Waals surface area contributed by atoms with Crippen molar-refractivity contribution in [2.24, 2.45) is 0 Å². The van der Waals surface area contributed by atoms with Crippen LogP contribution < -0.4 is 20.5 Å². The van der Waals surface area contributed by atoms with Gasteiger partial charge in [-0.05, 0) is 30.3 Å². The minimum atomic E-state index is -0.428. The number of rotatable bonds is 4. The van der Waals surface area contributed by atoms with Crippen LogP contribution in [0.1, 0.15) is 0 Å². The fourth-order valence-electron chi connectivity index (χ4n) is 3.71. The molecule has 6 rings (SSSR count). The number of hydrogen-bond donors (Lipinski definition) is 1. The van der Waals surface area contributed by atoms with Crippen LogP contribution in [0.5, 0.6) is 11.5 Å². The molecule has 0 spiro atoms. The average Bonchev–Trinajstić information content (AvgIpc) is 3.51. The van der Waals surface area contributed by atoms with E-state index in [2.05, 4.69) is 15.5 Å². The van der Waals surface area contributed by atoms with Crippen LogP contribution in [0.4, 0.5) is 5.69 Å². The van der Waals surface area contributed by atoms with Crippen LogP contribution in [0.2, 0.25) is 5.02 Å². The van der Waals surface area contributed by atoms with Crippen LogP contribution in [0.25, 0.3) is 22.4 Å². The molecule has 5 aromatic rings. The Hall–Kier alpha value is -4.31. The Kier molecular flexibility index (Phi) is 4.34. The van der Waals surface area contributed by atoms with E-state index in [9.17, 15) is 9.59 Å². The number of halogens is 1. The summed E-state index contributed by atoms with van der Waals surface area (Å²) in [6.45, 7) is -0.106. The van der Waals surface area contributed by atoms with E-state index < -0.39 is 11.6 Å². The smallest absolute Gasteiger partial charge is 0.350 e. The van der Waals surface area contributed by atoms with E-state index in [1.54, 1.807) is 47.2 Å². The Morgan fingerprint density at radius 3 is 2.70 bits per heavy atom. The van der Waals surface area contributed by atoms with Gasteiger partial charge >= 0.3 is 5.69 Å². The lowest BCUT2D eigenvalue weighted by Gasteiger charge is -2.05. The summed E-state index contributed by atoms with van der Waals surface area (Å²) >= 11 is 5.97. The zero-order valence-electron chi connectivity index (χ0n) is 16.9. The van der Waals surface area contributed by atoms with Crippen molar-refractivity contribution in [2.75, 3.05) is 12.1 Å². The van der Waals surface area contributed by atoms with Gasteiger partial charge in [0.05, 0.1) is 5.69 Å². The maximum Gasteiger partial charge on any atom is 0.350 e. The van der Waals surface area contributed by atoms with Crippen molar-refractivity contribution in [3.8, 4) is 22.8 Å². The minimum absolute atomic E-state index is 0.145. The van der Waals surface area contributed by atoms with Gasteiger partial charge in [-0.3, -0.25) is 4.79 Å². The predicted octanol–water partition coefficient (Wildman–Crippen LogP) is 2.83. The number of carbonyl (C=O) groups excluding carboxylic acids is 1. The van der Waals surface area contributed by atoms with Crippen LogP contribution in [-0.4, -0.2) is 36.5 Å². The number of anilines is 1. The first-order valence-corrected chi connectivity index (χ1v) is 10.4. The predicted molar refractivity (Wildman–Crippen MR) is 120 cm³/mol. The lowest BCUT2D eigenvalue weighted by Crippen LogP contribution is -2.28. The number of amides is 1. The van der Waals surface area contributed by atoms with Crippen LogP contribution >= 0.6 is 11.6 Å². The summed E-state index contributed by atoms with van der Waals surface area (Å²) in [5.74, 6) is 0.774. The molecule has 0 saturated heterocycles. The molecule has 164 valence electrons. The van der Waals surface area contributed by atoms with Crippen molar-refractivity contribution in [2.45, 2.75) is 6.54 Å². The molecule has 11 heteroatoms.